The monoisotopic (exact) mass is 248 g/mol. The van der Waals surface area contributed by atoms with Gasteiger partial charge < -0.3 is 4.74 Å². The maximum Gasteiger partial charge on any atom is 0.213 e. The van der Waals surface area contributed by atoms with Crippen LogP contribution in [0.4, 0.5) is 0 Å². The third-order valence-corrected chi connectivity index (χ3v) is 3.46. The van der Waals surface area contributed by atoms with Crippen molar-refractivity contribution in [2.45, 2.75) is 58.7 Å². The molecule has 18 heavy (non-hydrogen) atoms. The SMILES string of the molecule is CC(C)Oc1ccc([C@@H]2CCCN2C(C)C)cn1. The van der Waals surface area contributed by atoms with Crippen molar-refractivity contribution in [1.29, 1.82) is 0 Å². The van der Waals surface area contributed by atoms with Crippen LogP contribution in [0.1, 0.15) is 52.1 Å². The Morgan fingerprint density at radius 3 is 2.61 bits per heavy atom. The first-order valence-corrected chi connectivity index (χ1v) is 6.96. The smallest absolute Gasteiger partial charge is 0.213 e. The van der Waals surface area contributed by atoms with Crippen molar-refractivity contribution >= 4 is 0 Å². The van der Waals surface area contributed by atoms with Gasteiger partial charge in [-0.05, 0) is 52.6 Å². The van der Waals surface area contributed by atoms with Crippen molar-refractivity contribution in [2.75, 3.05) is 6.54 Å². The third-order valence-electron chi connectivity index (χ3n) is 3.46. The van der Waals surface area contributed by atoms with Crippen LogP contribution in [-0.4, -0.2) is 28.6 Å². The van der Waals surface area contributed by atoms with E-state index in [1.165, 1.54) is 24.9 Å². The number of aromatic nitrogens is 1. The quantitative estimate of drug-likeness (QED) is 0.816. The molecule has 100 valence electrons. The predicted octanol–water partition coefficient (Wildman–Crippen LogP) is 3.41. The number of hydrogen-bond donors (Lipinski definition) is 0. The van der Waals surface area contributed by atoms with E-state index in [1.807, 2.05) is 26.1 Å². The Kier molecular flexibility index (Phi) is 4.23. The lowest BCUT2D eigenvalue weighted by Gasteiger charge is -2.28. The normalized spacial score (nSPS) is 20.9. The number of likely N-dealkylation sites (tertiary alicyclic amines) is 1. The first-order valence-electron chi connectivity index (χ1n) is 6.96. The highest BCUT2D eigenvalue weighted by atomic mass is 16.5. The fraction of sp³-hybridized carbons (Fsp3) is 0.667. The van der Waals surface area contributed by atoms with Crippen molar-refractivity contribution in [1.82, 2.24) is 9.88 Å². The summed E-state index contributed by atoms with van der Waals surface area (Å²) in [5, 5.41) is 0. The minimum atomic E-state index is 0.182. The van der Waals surface area contributed by atoms with E-state index in [-0.39, 0.29) is 6.10 Å². The second kappa shape index (κ2) is 5.70. The molecule has 2 heterocycles. The minimum absolute atomic E-state index is 0.182. The molecule has 1 fully saturated rings. The predicted molar refractivity (Wildman–Crippen MR) is 73.8 cm³/mol. The van der Waals surface area contributed by atoms with Gasteiger partial charge in [0.1, 0.15) is 0 Å². The summed E-state index contributed by atoms with van der Waals surface area (Å²) in [6, 6.07) is 5.29. The van der Waals surface area contributed by atoms with Crippen LogP contribution in [-0.2, 0) is 0 Å². The highest BCUT2D eigenvalue weighted by molar-refractivity contribution is 5.22. The van der Waals surface area contributed by atoms with Crippen LogP contribution < -0.4 is 4.74 Å². The molecule has 0 amide bonds. The van der Waals surface area contributed by atoms with E-state index < -0.39 is 0 Å². The molecule has 0 aliphatic carbocycles. The van der Waals surface area contributed by atoms with Crippen LogP contribution in [0.3, 0.4) is 0 Å². The Bertz CT molecular complexity index is 373. The van der Waals surface area contributed by atoms with Gasteiger partial charge in [-0.15, -0.1) is 0 Å². The number of pyridine rings is 1. The summed E-state index contributed by atoms with van der Waals surface area (Å²) < 4.78 is 5.58. The summed E-state index contributed by atoms with van der Waals surface area (Å²) in [5.74, 6) is 0.725. The minimum Gasteiger partial charge on any atom is -0.475 e. The van der Waals surface area contributed by atoms with Crippen LogP contribution in [0, 0.1) is 0 Å². The zero-order valence-electron chi connectivity index (χ0n) is 11.9. The molecular formula is C15H24N2O. The maximum atomic E-state index is 5.58. The molecule has 1 aromatic rings. The van der Waals surface area contributed by atoms with E-state index in [9.17, 15) is 0 Å². The molecule has 0 radical (unpaired) electrons. The molecule has 1 aromatic heterocycles. The fourth-order valence-corrected chi connectivity index (χ4v) is 2.67. The summed E-state index contributed by atoms with van der Waals surface area (Å²) in [6.45, 7) is 9.77. The molecule has 0 unspecified atom stereocenters. The molecule has 1 aliphatic rings. The Labute approximate surface area is 110 Å². The van der Waals surface area contributed by atoms with E-state index in [4.69, 9.17) is 4.74 Å². The molecule has 1 aliphatic heterocycles. The average molecular weight is 248 g/mol. The summed E-state index contributed by atoms with van der Waals surface area (Å²) in [5.41, 5.74) is 1.32. The summed E-state index contributed by atoms with van der Waals surface area (Å²) >= 11 is 0. The molecule has 3 heteroatoms. The summed E-state index contributed by atoms with van der Waals surface area (Å²) in [7, 11) is 0. The van der Waals surface area contributed by atoms with Crippen molar-refractivity contribution in [3.05, 3.63) is 23.9 Å². The molecule has 0 spiro atoms. The molecule has 0 aromatic carbocycles. The van der Waals surface area contributed by atoms with Gasteiger partial charge >= 0.3 is 0 Å². The van der Waals surface area contributed by atoms with Crippen LogP contribution in [0.15, 0.2) is 18.3 Å². The molecule has 0 bridgehead atoms. The van der Waals surface area contributed by atoms with Gasteiger partial charge in [0.05, 0.1) is 6.10 Å². The summed E-state index contributed by atoms with van der Waals surface area (Å²) in [6.07, 6.45) is 4.68. The molecular weight excluding hydrogens is 224 g/mol. The first kappa shape index (κ1) is 13.3. The van der Waals surface area contributed by atoms with Gasteiger partial charge in [-0.3, -0.25) is 4.90 Å². The standard InChI is InChI=1S/C15H24N2O/c1-11(2)17-9-5-6-14(17)13-7-8-15(16-10-13)18-12(3)4/h7-8,10-12,14H,5-6,9H2,1-4H3/t14-/m0/s1. The van der Waals surface area contributed by atoms with Gasteiger partial charge in [0.25, 0.3) is 0 Å². The van der Waals surface area contributed by atoms with Crippen LogP contribution >= 0.6 is 0 Å². The van der Waals surface area contributed by atoms with Crippen molar-refractivity contribution in [2.24, 2.45) is 0 Å². The van der Waals surface area contributed by atoms with Crippen molar-refractivity contribution < 1.29 is 4.74 Å². The van der Waals surface area contributed by atoms with Crippen LogP contribution in [0.5, 0.6) is 5.88 Å². The van der Waals surface area contributed by atoms with E-state index in [0.29, 0.717) is 12.1 Å². The van der Waals surface area contributed by atoms with Gasteiger partial charge in [-0.25, -0.2) is 4.98 Å². The lowest BCUT2D eigenvalue weighted by molar-refractivity contribution is 0.204. The molecule has 1 atom stereocenters. The number of rotatable bonds is 4. The average Bonchev–Trinajstić information content (AvgIpc) is 2.78. The molecule has 1 saturated heterocycles. The second-order valence-electron chi connectivity index (χ2n) is 5.59. The van der Waals surface area contributed by atoms with Crippen LogP contribution in [0.2, 0.25) is 0 Å². The Hall–Kier alpha value is -1.09. The maximum absolute atomic E-state index is 5.58. The van der Waals surface area contributed by atoms with E-state index >= 15 is 0 Å². The van der Waals surface area contributed by atoms with Gasteiger partial charge in [-0.2, -0.15) is 0 Å². The van der Waals surface area contributed by atoms with Gasteiger partial charge in [0.15, 0.2) is 0 Å². The molecule has 0 N–H and O–H groups in total. The number of nitrogens with zero attached hydrogens (tertiary/aromatic N) is 2. The lowest BCUT2D eigenvalue weighted by Crippen LogP contribution is -2.30. The largest absolute Gasteiger partial charge is 0.475 e. The molecule has 0 saturated carbocycles. The first-order chi connectivity index (χ1) is 8.58. The Morgan fingerprint density at radius 1 is 1.28 bits per heavy atom. The van der Waals surface area contributed by atoms with Crippen molar-refractivity contribution in [3.63, 3.8) is 0 Å². The van der Waals surface area contributed by atoms with E-state index in [1.54, 1.807) is 0 Å². The van der Waals surface area contributed by atoms with Gasteiger partial charge in [-0.1, -0.05) is 6.07 Å². The lowest BCUT2D eigenvalue weighted by atomic mass is 10.1. The highest BCUT2D eigenvalue weighted by Crippen LogP contribution is 2.33. The van der Waals surface area contributed by atoms with E-state index in [2.05, 4.69) is 29.8 Å². The number of hydrogen-bond acceptors (Lipinski definition) is 3. The topological polar surface area (TPSA) is 25.4 Å². The molecule has 2 rings (SSSR count). The second-order valence-corrected chi connectivity index (χ2v) is 5.59. The summed E-state index contributed by atoms with van der Waals surface area (Å²) in [4.78, 5) is 6.96. The zero-order chi connectivity index (χ0) is 13.1. The number of ether oxygens (including phenoxy) is 1. The van der Waals surface area contributed by atoms with E-state index in [0.717, 1.165) is 5.88 Å². The Balaban J connectivity index is 2.09. The Morgan fingerprint density at radius 2 is 2.06 bits per heavy atom. The van der Waals surface area contributed by atoms with Crippen LogP contribution in [0.25, 0.3) is 0 Å². The van der Waals surface area contributed by atoms with Gasteiger partial charge in [0, 0.05) is 24.3 Å². The van der Waals surface area contributed by atoms with Crippen molar-refractivity contribution in [3.8, 4) is 5.88 Å². The third kappa shape index (κ3) is 3.02. The fourth-order valence-electron chi connectivity index (χ4n) is 2.67. The molecule has 3 nitrogen and oxygen atoms in total. The highest BCUT2D eigenvalue weighted by Gasteiger charge is 2.27. The van der Waals surface area contributed by atoms with Gasteiger partial charge in [0.2, 0.25) is 5.88 Å². The zero-order valence-corrected chi connectivity index (χ0v) is 11.9.